The normalized spacial score (nSPS) is 15.0. The molecule has 1 fully saturated rings. The van der Waals surface area contributed by atoms with Crippen molar-refractivity contribution in [1.82, 2.24) is 10.3 Å². The maximum Gasteiger partial charge on any atom is 0.272 e. The summed E-state index contributed by atoms with van der Waals surface area (Å²) >= 11 is 11.9. The predicted octanol–water partition coefficient (Wildman–Crippen LogP) is 4.38. The lowest BCUT2D eigenvalue weighted by atomic mass is 10.1. The Labute approximate surface area is 157 Å². The minimum Gasteiger partial charge on any atom is -0.298 e. The van der Waals surface area contributed by atoms with Crippen molar-refractivity contribution in [3.63, 3.8) is 0 Å². The van der Waals surface area contributed by atoms with E-state index in [9.17, 15) is 4.79 Å². The van der Waals surface area contributed by atoms with Crippen molar-refractivity contribution in [3.05, 3.63) is 69.7 Å². The number of carbonyl (C=O) groups excluding carboxylic acids is 1. The summed E-state index contributed by atoms with van der Waals surface area (Å²) in [6.45, 7) is 2.81. The van der Waals surface area contributed by atoms with Crippen LogP contribution in [0.4, 0.5) is 0 Å². The Morgan fingerprint density at radius 1 is 1.08 bits per heavy atom. The first-order chi connectivity index (χ1) is 12.1. The second kappa shape index (κ2) is 8.48. The lowest BCUT2D eigenvalue weighted by Crippen LogP contribution is -2.34. The molecule has 0 spiro atoms. The van der Waals surface area contributed by atoms with Crippen LogP contribution in [0.2, 0.25) is 10.0 Å². The Kier molecular flexibility index (Phi) is 6.08. The molecule has 1 heterocycles. The molecule has 0 atom stereocenters. The minimum absolute atomic E-state index is 0.333. The standard InChI is InChI=1S/C19H19Cl2N3O/c20-15-6-7-18(21)17(12-15)19(25)23-22-16-8-10-24(11-9-16)13-14-4-2-1-3-5-14/h1-7,12H,8-11,13H2,(H,23,25). The van der Waals surface area contributed by atoms with Gasteiger partial charge in [0.25, 0.3) is 5.91 Å². The summed E-state index contributed by atoms with van der Waals surface area (Å²) in [4.78, 5) is 14.6. The van der Waals surface area contributed by atoms with Crippen molar-refractivity contribution < 1.29 is 4.79 Å². The van der Waals surface area contributed by atoms with Gasteiger partial charge in [-0.25, -0.2) is 5.43 Å². The fourth-order valence-corrected chi connectivity index (χ4v) is 3.16. The largest absolute Gasteiger partial charge is 0.298 e. The van der Waals surface area contributed by atoms with E-state index in [4.69, 9.17) is 23.2 Å². The second-order valence-electron chi connectivity index (χ2n) is 6.00. The lowest BCUT2D eigenvalue weighted by Gasteiger charge is -2.27. The average Bonchev–Trinajstić information content (AvgIpc) is 2.64. The first-order valence-electron chi connectivity index (χ1n) is 8.19. The summed E-state index contributed by atoms with van der Waals surface area (Å²) in [5.41, 5.74) is 5.23. The summed E-state index contributed by atoms with van der Waals surface area (Å²) in [6.07, 6.45) is 1.69. The molecule has 0 saturated carbocycles. The van der Waals surface area contributed by atoms with E-state index in [-0.39, 0.29) is 5.91 Å². The topological polar surface area (TPSA) is 44.7 Å². The van der Waals surface area contributed by atoms with Crippen molar-refractivity contribution in [3.8, 4) is 0 Å². The minimum atomic E-state index is -0.341. The molecule has 1 amide bonds. The molecule has 2 aromatic carbocycles. The first-order valence-corrected chi connectivity index (χ1v) is 8.94. The number of rotatable bonds is 4. The summed E-state index contributed by atoms with van der Waals surface area (Å²) < 4.78 is 0. The molecule has 6 heteroatoms. The van der Waals surface area contributed by atoms with Crippen molar-refractivity contribution in [1.29, 1.82) is 0 Å². The number of amides is 1. The number of hydrazone groups is 1. The van der Waals surface area contributed by atoms with Gasteiger partial charge in [0, 0.05) is 43.2 Å². The smallest absolute Gasteiger partial charge is 0.272 e. The molecular weight excluding hydrogens is 357 g/mol. The van der Waals surface area contributed by atoms with Crippen LogP contribution in [0.3, 0.4) is 0 Å². The van der Waals surface area contributed by atoms with E-state index in [2.05, 4.69) is 39.7 Å². The molecule has 3 rings (SSSR count). The van der Waals surface area contributed by atoms with Gasteiger partial charge in [-0.1, -0.05) is 53.5 Å². The van der Waals surface area contributed by atoms with Gasteiger partial charge in [0.15, 0.2) is 0 Å². The van der Waals surface area contributed by atoms with Crippen molar-refractivity contribution >= 4 is 34.8 Å². The molecule has 0 aliphatic carbocycles. The number of hydrogen-bond acceptors (Lipinski definition) is 3. The highest BCUT2D eigenvalue weighted by Gasteiger charge is 2.16. The maximum absolute atomic E-state index is 12.2. The van der Waals surface area contributed by atoms with Crippen LogP contribution in [-0.2, 0) is 6.54 Å². The fraction of sp³-hybridized carbons (Fsp3) is 0.263. The first kappa shape index (κ1) is 17.9. The zero-order valence-corrected chi connectivity index (χ0v) is 15.2. The Bertz CT molecular complexity index is 767. The van der Waals surface area contributed by atoms with Crippen molar-refractivity contribution in [2.75, 3.05) is 13.1 Å². The van der Waals surface area contributed by atoms with E-state index in [1.807, 2.05) is 6.07 Å². The van der Waals surface area contributed by atoms with Crippen LogP contribution in [0.25, 0.3) is 0 Å². The summed E-state index contributed by atoms with van der Waals surface area (Å²) in [5, 5.41) is 5.09. The van der Waals surface area contributed by atoms with E-state index in [1.165, 1.54) is 5.56 Å². The third-order valence-electron chi connectivity index (χ3n) is 4.17. The van der Waals surface area contributed by atoms with Gasteiger partial charge in [0.2, 0.25) is 0 Å². The Hall–Kier alpha value is -1.88. The zero-order valence-electron chi connectivity index (χ0n) is 13.7. The monoisotopic (exact) mass is 375 g/mol. The van der Waals surface area contributed by atoms with Crippen molar-refractivity contribution in [2.45, 2.75) is 19.4 Å². The van der Waals surface area contributed by atoms with Gasteiger partial charge < -0.3 is 0 Å². The van der Waals surface area contributed by atoms with Crippen LogP contribution in [0, 0.1) is 0 Å². The third kappa shape index (κ3) is 5.05. The molecule has 25 heavy (non-hydrogen) atoms. The van der Waals surface area contributed by atoms with E-state index in [1.54, 1.807) is 18.2 Å². The third-order valence-corrected chi connectivity index (χ3v) is 4.74. The van der Waals surface area contributed by atoms with Gasteiger partial charge in [-0.15, -0.1) is 0 Å². The average molecular weight is 376 g/mol. The molecule has 1 aliphatic heterocycles. The zero-order chi connectivity index (χ0) is 17.6. The Balaban J connectivity index is 1.52. The highest BCUT2D eigenvalue weighted by Crippen LogP contribution is 2.20. The molecule has 0 bridgehead atoms. The van der Waals surface area contributed by atoms with Gasteiger partial charge in [0.1, 0.15) is 0 Å². The number of piperidine rings is 1. The lowest BCUT2D eigenvalue weighted by molar-refractivity contribution is 0.0954. The Morgan fingerprint density at radius 2 is 1.80 bits per heavy atom. The molecule has 4 nitrogen and oxygen atoms in total. The number of carbonyl (C=O) groups is 1. The number of likely N-dealkylation sites (tertiary alicyclic amines) is 1. The van der Waals surface area contributed by atoms with Gasteiger partial charge in [-0.05, 0) is 23.8 Å². The maximum atomic E-state index is 12.2. The molecule has 0 radical (unpaired) electrons. The quantitative estimate of drug-likeness (QED) is 0.806. The molecule has 1 aliphatic rings. The summed E-state index contributed by atoms with van der Waals surface area (Å²) in [5.74, 6) is -0.341. The Morgan fingerprint density at radius 3 is 2.52 bits per heavy atom. The van der Waals surface area contributed by atoms with Crippen LogP contribution in [0.5, 0.6) is 0 Å². The highest BCUT2D eigenvalue weighted by molar-refractivity contribution is 6.35. The number of nitrogens with zero attached hydrogens (tertiary/aromatic N) is 2. The molecule has 130 valence electrons. The molecule has 2 aromatic rings. The van der Waals surface area contributed by atoms with Crippen LogP contribution < -0.4 is 5.43 Å². The number of nitrogens with one attached hydrogen (secondary N) is 1. The SMILES string of the molecule is O=C(NN=C1CCN(Cc2ccccc2)CC1)c1cc(Cl)ccc1Cl. The molecule has 1 saturated heterocycles. The highest BCUT2D eigenvalue weighted by atomic mass is 35.5. The van der Waals surface area contributed by atoms with Gasteiger partial charge >= 0.3 is 0 Å². The van der Waals surface area contributed by atoms with E-state index in [0.717, 1.165) is 38.2 Å². The molecule has 1 N–H and O–H groups in total. The van der Waals surface area contributed by atoms with Gasteiger partial charge in [-0.2, -0.15) is 5.10 Å². The van der Waals surface area contributed by atoms with Crippen molar-refractivity contribution in [2.24, 2.45) is 5.10 Å². The summed E-state index contributed by atoms with van der Waals surface area (Å²) in [7, 11) is 0. The predicted molar refractivity (Wildman–Crippen MR) is 102 cm³/mol. The van der Waals surface area contributed by atoms with E-state index >= 15 is 0 Å². The van der Waals surface area contributed by atoms with Crippen LogP contribution in [0.1, 0.15) is 28.8 Å². The van der Waals surface area contributed by atoms with Crippen LogP contribution in [-0.4, -0.2) is 29.6 Å². The van der Waals surface area contributed by atoms with Crippen LogP contribution in [0.15, 0.2) is 53.6 Å². The molecule has 0 unspecified atom stereocenters. The van der Waals surface area contributed by atoms with Gasteiger partial charge in [0.05, 0.1) is 10.6 Å². The molecular formula is C19H19Cl2N3O. The number of hydrogen-bond donors (Lipinski definition) is 1. The number of benzene rings is 2. The fourth-order valence-electron chi connectivity index (χ4n) is 2.78. The number of halogens is 2. The van der Waals surface area contributed by atoms with Gasteiger partial charge in [-0.3, -0.25) is 9.69 Å². The molecule has 0 aromatic heterocycles. The van der Waals surface area contributed by atoms with Crippen LogP contribution >= 0.6 is 23.2 Å². The summed E-state index contributed by atoms with van der Waals surface area (Å²) in [6, 6.07) is 15.2. The van der Waals surface area contributed by atoms with E-state index < -0.39 is 0 Å². The van der Waals surface area contributed by atoms with E-state index in [0.29, 0.717) is 15.6 Å². The second-order valence-corrected chi connectivity index (χ2v) is 6.85.